The molecule has 0 spiro atoms. The molecule has 1 aromatic heterocycles. The van der Waals surface area contributed by atoms with Gasteiger partial charge in [-0.1, -0.05) is 17.7 Å². The van der Waals surface area contributed by atoms with Gasteiger partial charge in [0.25, 0.3) is 5.91 Å². The average Bonchev–Trinajstić information content (AvgIpc) is 3.02. The van der Waals surface area contributed by atoms with Crippen LogP contribution in [0.1, 0.15) is 29.4 Å². The van der Waals surface area contributed by atoms with Crippen molar-refractivity contribution >= 4 is 29.3 Å². The smallest absolute Gasteiger partial charge is 0.266 e. The molecule has 1 amide bonds. The predicted molar refractivity (Wildman–Crippen MR) is 125 cm³/mol. The summed E-state index contributed by atoms with van der Waals surface area (Å²) in [6, 6.07) is 16.7. The Morgan fingerprint density at radius 1 is 1.16 bits per heavy atom. The maximum absolute atomic E-state index is 12.7. The Kier molecular flexibility index (Phi) is 6.84. The number of nitrogens with zero attached hydrogens (tertiary/aromatic N) is 2. The van der Waals surface area contributed by atoms with Crippen LogP contribution in [0.4, 0.5) is 5.69 Å². The summed E-state index contributed by atoms with van der Waals surface area (Å²) < 4.78 is 7.48. The number of hydrogen-bond donors (Lipinski definition) is 1. The number of aromatic nitrogens is 1. The molecule has 0 fully saturated rings. The van der Waals surface area contributed by atoms with Crippen LogP contribution >= 0.6 is 11.6 Å². The Hall–Kier alpha value is -3.49. The lowest BCUT2D eigenvalue weighted by atomic mass is 10.1. The topological polar surface area (TPSA) is 67.0 Å². The molecule has 0 saturated carbocycles. The fourth-order valence-electron chi connectivity index (χ4n) is 3.43. The number of ether oxygens (including phenoxy) is 1. The largest absolute Gasteiger partial charge is 0.494 e. The number of amides is 1. The summed E-state index contributed by atoms with van der Waals surface area (Å²) in [4.78, 5) is 12.7. The summed E-state index contributed by atoms with van der Waals surface area (Å²) >= 11 is 6.20. The van der Waals surface area contributed by atoms with E-state index in [-0.39, 0.29) is 5.57 Å². The van der Waals surface area contributed by atoms with Crippen molar-refractivity contribution in [3.63, 3.8) is 0 Å². The van der Waals surface area contributed by atoms with Gasteiger partial charge in [-0.15, -0.1) is 0 Å². The molecule has 0 aliphatic rings. The first-order chi connectivity index (χ1) is 14.8. The second-order valence-electron chi connectivity index (χ2n) is 7.17. The van der Waals surface area contributed by atoms with Gasteiger partial charge in [0.05, 0.1) is 6.61 Å². The number of nitriles is 1. The fraction of sp³-hybridized carbons (Fsp3) is 0.200. The molecule has 31 heavy (non-hydrogen) atoms. The highest BCUT2D eigenvalue weighted by Crippen LogP contribution is 2.27. The maximum Gasteiger partial charge on any atom is 0.266 e. The molecule has 0 bridgehead atoms. The molecule has 0 atom stereocenters. The van der Waals surface area contributed by atoms with Gasteiger partial charge in [-0.3, -0.25) is 4.79 Å². The molecule has 1 N–H and O–H groups in total. The number of carbonyl (C=O) groups is 1. The Morgan fingerprint density at radius 3 is 2.52 bits per heavy atom. The van der Waals surface area contributed by atoms with E-state index in [1.807, 2.05) is 58.0 Å². The van der Waals surface area contributed by atoms with Crippen LogP contribution in [-0.4, -0.2) is 17.1 Å². The van der Waals surface area contributed by atoms with Crippen LogP contribution in [0.2, 0.25) is 5.02 Å². The lowest BCUT2D eigenvalue weighted by molar-refractivity contribution is -0.112. The molecule has 0 saturated heterocycles. The monoisotopic (exact) mass is 433 g/mol. The summed E-state index contributed by atoms with van der Waals surface area (Å²) in [6.07, 6.45) is 1.61. The molecule has 1 heterocycles. The number of halogens is 1. The van der Waals surface area contributed by atoms with Gasteiger partial charge in [0.1, 0.15) is 17.4 Å². The van der Waals surface area contributed by atoms with E-state index in [4.69, 9.17) is 16.3 Å². The Morgan fingerprint density at radius 2 is 1.87 bits per heavy atom. The minimum atomic E-state index is -0.463. The minimum absolute atomic E-state index is 0.0250. The van der Waals surface area contributed by atoms with Crippen molar-refractivity contribution in [3.05, 3.63) is 81.6 Å². The van der Waals surface area contributed by atoms with E-state index in [1.54, 1.807) is 30.3 Å². The molecule has 6 heteroatoms. The molecule has 5 nitrogen and oxygen atoms in total. The molecule has 0 aliphatic carbocycles. The second kappa shape index (κ2) is 9.55. The minimum Gasteiger partial charge on any atom is -0.494 e. The Labute approximate surface area is 187 Å². The number of rotatable bonds is 6. The third-order valence-electron chi connectivity index (χ3n) is 4.97. The molecule has 2 aromatic carbocycles. The van der Waals surface area contributed by atoms with E-state index in [0.29, 0.717) is 17.3 Å². The standard InChI is InChI=1S/C25H24ClN3O2/c1-5-31-23-10-8-22(9-11-23)28-25(30)20(15-27)13-19-12-17(3)29(18(19)4)24-14-21(26)7-6-16(24)2/h6-14H,5H2,1-4H3,(H,28,30)/b20-13-. The molecule has 0 radical (unpaired) electrons. The van der Waals surface area contributed by atoms with Gasteiger partial charge in [-0.05, 0) is 87.4 Å². The van der Waals surface area contributed by atoms with Gasteiger partial charge >= 0.3 is 0 Å². The summed E-state index contributed by atoms with van der Waals surface area (Å²) in [6.45, 7) is 8.44. The highest BCUT2D eigenvalue weighted by Gasteiger charge is 2.15. The van der Waals surface area contributed by atoms with E-state index >= 15 is 0 Å². The van der Waals surface area contributed by atoms with Gasteiger partial charge in [-0.2, -0.15) is 5.26 Å². The fourth-order valence-corrected chi connectivity index (χ4v) is 3.60. The first-order valence-electron chi connectivity index (χ1n) is 9.95. The maximum atomic E-state index is 12.7. The quantitative estimate of drug-likeness (QED) is 0.383. The summed E-state index contributed by atoms with van der Waals surface area (Å²) in [7, 11) is 0. The van der Waals surface area contributed by atoms with E-state index in [1.165, 1.54) is 0 Å². The van der Waals surface area contributed by atoms with Crippen LogP contribution in [0.25, 0.3) is 11.8 Å². The van der Waals surface area contributed by atoms with Crippen molar-refractivity contribution in [1.82, 2.24) is 4.57 Å². The van der Waals surface area contributed by atoms with Crippen molar-refractivity contribution in [1.29, 1.82) is 5.26 Å². The van der Waals surface area contributed by atoms with Crippen LogP contribution < -0.4 is 10.1 Å². The lowest BCUT2D eigenvalue weighted by Gasteiger charge is -2.13. The summed E-state index contributed by atoms with van der Waals surface area (Å²) in [5.74, 6) is 0.260. The van der Waals surface area contributed by atoms with Gasteiger partial charge < -0.3 is 14.6 Å². The third kappa shape index (κ3) is 4.99. The van der Waals surface area contributed by atoms with E-state index < -0.39 is 5.91 Å². The van der Waals surface area contributed by atoms with Crippen LogP contribution in [-0.2, 0) is 4.79 Å². The van der Waals surface area contributed by atoms with Crippen molar-refractivity contribution in [2.75, 3.05) is 11.9 Å². The van der Waals surface area contributed by atoms with E-state index in [9.17, 15) is 10.1 Å². The van der Waals surface area contributed by atoms with Crippen LogP contribution in [0.5, 0.6) is 5.75 Å². The van der Waals surface area contributed by atoms with Crippen molar-refractivity contribution in [3.8, 4) is 17.5 Å². The highest BCUT2D eigenvalue weighted by molar-refractivity contribution is 6.30. The predicted octanol–water partition coefficient (Wildman–Crippen LogP) is 6.00. The Balaban J connectivity index is 1.90. The van der Waals surface area contributed by atoms with Gasteiger partial charge in [0, 0.05) is 27.8 Å². The summed E-state index contributed by atoms with van der Waals surface area (Å²) in [5, 5.41) is 13.0. The number of hydrogen-bond acceptors (Lipinski definition) is 3. The number of anilines is 1. The normalized spacial score (nSPS) is 11.2. The molecule has 158 valence electrons. The first kappa shape index (κ1) is 22.2. The SMILES string of the molecule is CCOc1ccc(NC(=O)/C(C#N)=C\c2cc(C)n(-c3cc(Cl)ccc3C)c2C)cc1. The second-order valence-corrected chi connectivity index (χ2v) is 7.61. The third-order valence-corrected chi connectivity index (χ3v) is 5.21. The number of aryl methyl sites for hydroxylation is 2. The Bertz CT molecular complexity index is 1180. The van der Waals surface area contributed by atoms with Crippen LogP contribution in [0, 0.1) is 32.1 Å². The van der Waals surface area contributed by atoms with Crippen LogP contribution in [0.3, 0.4) is 0 Å². The van der Waals surface area contributed by atoms with Gasteiger partial charge in [0.15, 0.2) is 0 Å². The lowest BCUT2D eigenvalue weighted by Crippen LogP contribution is -2.13. The molecular weight excluding hydrogens is 410 g/mol. The zero-order valence-corrected chi connectivity index (χ0v) is 18.7. The average molecular weight is 434 g/mol. The van der Waals surface area contributed by atoms with E-state index in [2.05, 4.69) is 9.88 Å². The first-order valence-corrected chi connectivity index (χ1v) is 10.3. The number of carbonyl (C=O) groups excluding carboxylic acids is 1. The molecule has 0 aliphatic heterocycles. The van der Waals surface area contributed by atoms with Crippen LogP contribution in [0.15, 0.2) is 54.1 Å². The molecule has 3 rings (SSSR count). The number of nitrogens with one attached hydrogen (secondary N) is 1. The van der Waals surface area contributed by atoms with E-state index in [0.717, 1.165) is 34.0 Å². The van der Waals surface area contributed by atoms with Gasteiger partial charge in [-0.25, -0.2) is 0 Å². The molecule has 3 aromatic rings. The molecular formula is C25H24ClN3O2. The summed E-state index contributed by atoms with van der Waals surface area (Å²) in [5.41, 5.74) is 5.37. The van der Waals surface area contributed by atoms with Gasteiger partial charge in [0.2, 0.25) is 0 Å². The van der Waals surface area contributed by atoms with Crippen molar-refractivity contribution in [2.45, 2.75) is 27.7 Å². The van der Waals surface area contributed by atoms with Crippen molar-refractivity contribution < 1.29 is 9.53 Å². The zero-order valence-electron chi connectivity index (χ0n) is 18.0. The van der Waals surface area contributed by atoms with Crippen molar-refractivity contribution in [2.24, 2.45) is 0 Å². The molecule has 0 unspecified atom stereocenters. The number of benzene rings is 2. The zero-order chi connectivity index (χ0) is 22.5. The highest BCUT2D eigenvalue weighted by atomic mass is 35.5.